The van der Waals surface area contributed by atoms with Crippen LogP contribution in [0.15, 0.2) is 0 Å². The predicted octanol–water partition coefficient (Wildman–Crippen LogP) is 0.274. The fourth-order valence-corrected chi connectivity index (χ4v) is 3.33. The van der Waals surface area contributed by atoms with Gasteiger partial charge < -0.3 is 16.2 Å². The largest absolute Gasteiger partial charge is 0.481 e. The molecule has 0 saturated carbocycles. The lowest BCUT2D eigenvalue weighted by Crippen LogP contribution is -2.58. The molecule has 1 fully saturated rings. The highest BCUT2D eigenvalue weighted by Crippen LogP contribution is 2.37. The molecular formula is C9H18N2O2S. The van der Waals surface area contributed by atoms with Gasteiger partial charge in [0.05, 0.1) is 11.2 Å². The molecule has 0 aromatic heterocycles. The Morgan fingerprint density at radius 1 is 1.71 bits per heavy atom. The molecule has 0 spiro atoms. The van der Waals surface area contributed by atoms with Crippen LogP contribution < -0.4 is 11.1 Å². The molecule has 0 radical (unpaired) electrons. The normalized spacial score (nSPS) is 21.3. The molecule has 4 N–H and O–H groups in total. The van der Waals surface area contributed by atoms with Crippen molar-refractivity contribution in [3.05, 3.63) is 0 Å². The lowest BCUT2D eigenvalue weighted by molar-refractivity contribution is -0.138. The summed E-state index contributed by atoms with van der Waals surface area (Å²) in [6.45, 7) is 4.39. The van der Waals surface area contributed by atoms with E-state index in [0.29, 0.717) is 11.8 Å². The highest BCUT2D eigenvalue weighted by atomic mass is 32.2. The van der Waals surface area contributed by atoms with Crippen molar-refractivity contribution in [1.29, 1.82) is 0 Å². The van der Waals surface area contributed by atoms with Gasteiger partial charge in [-0.1, -0.05) is 6.92 Å². The molecule has 4 nitrogen and oxygen atoms in total. The van der Waals surface area contributed by atoms with Crippen LogP contribution in [-0.4, -0.2) is 40.7 Å². The Hall–Kier alpha value is -0.260. The second-order valence-corrected chi connectivity index (χ2v) is 5.77. The Bertz CT molecular complexity index is 207. The summed E-state index contributed by atoms with van der Waals surface area (Å²) in [5, 5.41) is 12.4. The quantitative estimate of drug-likeness (QED) is 0.597. The van der Waals surface area contributed by atoms with Crippen molar-refractivity contribution in [1.82, 2.24) is 5.32 Å². The Kier molecular flexibility index (Phi) is 4.22. The molecular weight excluding hydrogens is 200 g/mol. The maximum Gasteiger partial charge on any atom is 0.304 e. The van der Waals surface area contributed by atoms with Crippen LogP contribution in [0.2, 0.25) is 0 Å². The molecule has 0 aliphatic carbocycles. The predicted molar refractivity (Wildman–Crippen MR) is 58.6 cm³/mol. The summed E-state index contributed by atoms with van der Waals surface area (Å²) in [6, 6.07) is 0. The lowest BCUT2D eigenvalue weighted by Gasteiger charge is -2.42. The van der Waals surface area contributed by atoms with E-state index in [0.717, 1.165) is 19.5 Å². The molecule has 82 valence electrons. The smallest absolute Gasteiger partial charge is 0.304 e. The maximum atomic E-state index is 10.7. The molecule has 1 unspecified atom stereocenters. The minimum atomic E-state index is -0.709. The van der Waals surface area contributed by atoms with Crippen molar-refractivity contribution < 1.29 is 9.90 Å². The number of carboxylic acids is 1. The van der Waals surface area contributed by atoms with Crippen LogP contribution >= 0.6 is 11.8 Å². The van der Waals surface area contributed by atoms with Crippen molar-refractivity contribution in [2.75, 3.05) is 19.6 Å². The first-order chi connectivity index (χ1) is 6.58. The molecule has 5 heteroatoms. The summed E-state index contributed by atoms with van der Waals surface area (Å²) in [4.78, 5) is 10.7. The van der Waals surface area contributed by atoms with Crippen LogP contribution in [0.25, 0.3) is 0 Å². The second kappa shape index (κ2) is 5.00. The highest BCUT2D eigenvalue weighted by Gasteiger charge is 2.40. The summed E-state index contributed by atoms with van der Waals surface area (Å²) < 4.78 is -0.0829. The first-order valence-corrected chi connectivity index (χ1v) is 5.76. The van der Waals surface area contributed by atoms with Gasteiger partial charge in [0.25, 0.3) is 0 Å². The van der Waals surface area contributed by atoms with Crippen molar-refractivity contribution in [2.45, 2.75) is 29.8 Å². The average Bonchev–Trinajstić information content (AvgIpc) is 1.99. The molecule has 0 bridgehead atoms. The van der Waals surface area contributed by atoms with E-state index in [1.807, 2.05) is 0 Å². The van der Waals surface area contributed by atoms with Gasteiger partial charge in [-0.05, 0) is 13.0 Å². The standard InChI is InChI=1S/C9H18N2O2S/c1-7(2-3-10)14-9(4-8(12)13)5-11-6-9/h7,11H,2-6,10H2,1H3,(H,12,13). The van der Waals surface area contributed by atoms with Gasteiger partial charge in [0, 0.05) is 18.3 Å². The first-order valence-electron chi connectivity index (χ1n) is 4.88. The number of thioether (sulfide) groups is 1. The number of hydrogen-bond acceptors (Lipinski definition) is 4. The zero-order valence-corrected chi connectivity index (χ0v) is 9.27. The number of carboxylic acid groups (broad SMARTS) is 1. The summed E-state index contributed by atoms with van der Waals surface area (Å²) in [7, 11) is 0. The van der Waals surface area contributed by atoms with E-state index in [4.69, 9.17) is 10.8 Å². The molecule has 14 heavy (non-hydrogen) atoms. The molecule has 1 rings (SSSR count). The third-order valence-corrected chi connectivity index (χ3v) is 3.96. The molecule has 1 aliphatic heterocycles. The summed E-state index contributed by atoms with van der Waals surface area (Å²) in [5.74, 6) is -0.709. The summed E-state index contributed by atoms with van der Waals surface area (Å²) in [6.07, 6.45) is 1.20. The van der Waals surface area contributed by atoms with Crippen LogP contribution in [0.5, 0.6) is 0 Å². The molecule has 0 aromatic rings. The molecule has 0 aromatic carbocycles. The molecule has 1 atom stereocenters. The number of aliphatic carboxylic acids is 1. The van der Waals surface area contributed by atoms with E-state index in [9.17, 15) is 4.79 Å². The average molecular weight is 218 g/mol. The zero-order chi connectivity index (χ0) is 10.6. The van der Waals surface area contributed by atoms with Crippen molar-refractivity contribution in [3.8, 4) is 0 Å². The Morgan fingerprint density at radius 2 is 2.36 bits per heavy atom. The van der Waals surface area contributed by atoms with Gasteiger partial charge in [0.15, 0.2) is 0 Å². The van der Waals surface area contributed by atoms with Crippen LogP contribution in [-0.2, 0) is 4.79 Å². The third-order valence-electron chi connectivity index (χ3n) is 2.39. The number of rotatable bonds is 6. The number of carbonyl (C=O) groups is 1. The summed E-state index contributed by atoms with van der Waals surface area (Å²) >= 11 is 1.76. The monoisotopic (exact) mass is 218 g/mol. The van der Waals surface area contributed by atoms with Gasteiger partial charge >= 0.3 is 5.97 Å². The van der Waals surface area contributed by atoms with Gasteiger partial charge in [-0.2, -0.15) is 0 Å². The van der Waals surface area contributed by atoms with Crippen molar-refractivity contribution in [2.24, 2.45) is 5.73 Å². The molecule has 1 heterocycles. The fourth-order valence-electron chi connectivity index (χ4n) is 1.65. The Labute approximate surface area is 88.6 Å². The van der Waals surface area contributed by atoms with Crippen LogP contribution in [0.1, 0.15) is 19.8 Å². The highest BCUT2D eigenvalue weighted by molar-refractivity contribution is 8.01. The van der Waals surface area contributed by atoms with Crippen LogP contribution in [0.3, 0.4) is 0 Å². The van der Waals surface area contributed by atoms with E-state index in [1.54, 1.807) is 11.8 Å². The molecule has 0 amide bonds. The van der Waals surface area contributed by atoms with Gasteiger partial charge in [-0.3, -0.25) is 4.79 Å². The molecule has 1 aliphatic rings. The van der Waals surface area contributed by atoms with E-state index in [2.05, 4.69) is 12.2 Å². The lowest BCUT2D eigenvalue weighted by atomic mass is 9.98. The SMILES string of the molecule is CC(CCN)SC1(CC(=O)O)CNC1. The van der Waals surface area contributed by atoms with E-state index in [1.165, 1.54) is 0 Å². The van der Waals surface area contributed by atoms with Gasteiger partial charge in [-0.15, -0.1) is 11.8 Å². The number of nitrogens with two attached hydrogens (primary N) is 1. The number of hydrogen-bond donors (Lipinski definition) is 3. The van der Waals surface area contributed by atoms with E-state index >= 15 is 0 Å². The van der Waals surface area contributed by atoms with Crippen LogP contribution in [0, 0.1) is 0 Å². The minimum Gasteiger partial charge on any atom is -0.481 e. The summed E-state index contributed by atoms with van der Waals surface area (Å²) in [5.41, 5.74) is 5.46. The fraction of sp³-hybridized carbons (Fsp3) is 0.889. The van der Waals surface area contributed by atoms with Gasteiger partial charge in [0.2, 0.25) is 0 Å². The molecule has 1 saturated heterocycles. The van der Waals surface area contributed by atoms with Gasteiger partial charge in [0.1, 0.15) is 0 Å². The topological polar surface area (TPSA) is 75.4 Å². The zero-order valence-electron chi connectivity index (χ0n) is 8.45. The first kappa shape index (κ1) is 11.8. The van der Waals surface area contributed by atoms with Crippen molar-refractivity contribution in [3.63, 3.8) is 0 Å². The third kappa shape index (κ3) is 3.15. The van der Waals surface area contributed by atoms with E-state index in [-0.39, 0.29) is 11.2 Å². The van der Waals surface area contributed by atoms with Gasteiger partial charge in [-0.25, -0.2) is 0 Å². The second-order valence-electron chi connectivity index (χ2n) is 3.86. The van der Waals surface area contributed by atoms with Crippen LogP contribution in [0.4, 0.5) is 0 Å². The minimum absolute atomic E-state index is 0.0829. The Morgan fingerprint density at radius 3 is 2.71 bits per heavy atom. The maximum absolute atomic E-state index is 10.7. The van der Waals surface area contributed by atoms with Crippen molar-refractivity contribution >= 4 is 17.7 Å². The Balaban J connectivity index is 2.40. The van der Waals surface area contributed by atoms with E-state index < -0.39 is 5.97 Å². The number of nitrogens with one attached hydrogen (secondary N) is 1.